The maximum atomic E-state index is 11.5. The number of rotatable bonds is 7. The summed E-state index contributed by atoms with van der Waals surface area (Å²) < 4.78 is 17.1. The van der Waals surface area contributed by atoms with Crippen LogP contribution in [0.5, 0.6) is 0 Å². The van der Waals surface area contributed by atoms with Crippen molar-refractivity contribution in [2.75, 3.05) is 12.8 Å². The molecular weight excluding hydrogens is 599 g/mol. The summed E-state index contributed by atoms with van der Waals surface area (Å²) in [6, 6.07) is 0. The third kappa shape index (κ3) is 5.65. The van der Waals surface area contributed by atoms with Gasteiger partial charge >= 0.3 is 0 Å². The van der Waals surface area contributed by atoms with Crippen LogP contribution in [0.25, 0.3) is 0 Å². The average molecular weight is 668 g/mol. The highest BCUT2D eigenvalue weighted by atomic mass is 32.2. The van der Waals surface area contributed by atoms with Gasteiger partial charge in [0.05, 0.1) is 11.7 Å². The predicted molar refractivity (Wildman–Crippen MR) is 195 cm³/mol. The normalized spacial score (nSPS) is 49.9. The van der Waals surface area contributed by atoms with Crippen molar-refractivity contribution in [3.63, 3.8) is 0 Å². The van der Waals surface area contributed by atoms with E-state index < -0.39 is 16.7 Å². The molecule has 5 heteroatoms. The van der Waals surface area contributed by atoms with E-state index in [2.05, 4.69) is 59.0 Å². The SMILES string of the molecule is CC1CC=C(C2=CC[C@@]3(C)C(CCC4(C)C3CCC3C5CCCC5(NCCC5(O)CCC(OS(C)=O)CC5)CC[C@]34C)C2(C)C)CC1. The Morgan fingerprint density at radius 2 is 1.62 bits per heavy atom. The largest absolute Gasteiger partial charge is 0.390 e. The molecule has 0 amide bonds. The van der Waals surface area contributed by atoms with Gasteiger partial charge in [-0.05, 0) is 178 Å². The second-order valence-corrected chi connectivity index (χ2v) is 20.6. The van der Waals surface area contributed by atoms with E-state index in [0.717, 1.165) is 68.2 Å². The molecule has 7 aliphatic carbocycles. The van der Waals surface area contributed by atoms with Crippen LogP contribution >= 0.6 is 0 Å². The Bertz CT molecular complexity index is 1280. The Morgan fingerprint density at radius 3 is 2.32 bits per heavy atom. The first-order valence-electron chi connectivity index (χ1n) is 20.0. The molecule has 4 nitrogen and oxygen atoms in total. The first-order chi connectivity index (χ1) is 22.2. The Hall–Kier alpha value is -0.490. The minimum Gasteiger partial charge on any atom is -0.390 e. The highest BCUT2D eigenvalue weighted by Crippen LogP contribution is 2.76. The van der Waals surface area contributed by atoms with Crippen molar-refractivity contribution < 1.29 is 13.5 Å². The maximum Gasteiger partial charge on any atom is 0.152 e. The van der Waals surface area contributed by atoms with E-state index in [9.17, 15) is 9.32 Å². The van der Waals surface area contributed by atoms with E-state index in [1.54, 1.807) is 17.4 Å². The van der Waals surface area contributed by atoms with Crippen LogP contribution in [0.3, 0.4) is 0 Å². The lowest BCUT2D eigenvalue weighted by Crippen LogP contribution is -2.67. The van der Waals surface area contributed by atoms with Gasteiger partial charge in [-0.15, -0.1) is 0 Å². The molecule has 0 aromatic carbocycles. The van der Waals surface area contributed by atoms with Crippen LogP contribution in [0.1, 0.15) is 157 Å². The summed E-state index contributed by atoms with van der Waals surface area (Å²) in [6.45, 7) is 16.9. The van der Waals surface area contributed by atoms with Crippen LogP contribution in [0, 0.1) is 51.2 Å². The van der Waals surface area contributed by atoms with Gasteiger partial charge in [-0.1, -0.05) is 60.1 Å². The van der Waals surface area contributed by atoms with E-state index in [0.29, 0.717) is 16.2 Å². The third-order valence-electron chi connectivity index (χ3n) is 17.2. The highest BCUT2D eigenvalue weighted by molar-refractivity contribution is 7.79. The first kappa shape index (κ1) is 34.9. The predicted octanol–water partition coefficient (Wildman–Crippen LogP) is 9.84. The smallest absolute Gasteiger partial charge is 0.152 e. The molecule has 5 fully saturated rings. The summed E-state index contributed by atoms with van der Waals surface area (Å²) in [5.41, 5.74) is 4.55. The van der Waals surface area contributed by atoms with Crippen LogP contribution in [0.2, 0.25) is 0 Å². The summed E-state index contributed by atoms with van der Waals surface area (Å²) in [7, 11) is 0. The van der Waals surface area contributed by atoms with Gasteiger partial charge in [-0.2, -0.15) is 0 Å². The zero-order chi connectivity index (χ0) is 33.5. The minimum absolute atomic E-state index is 0.0349. The number of hydrogen-bond donors (Lipinski definition) is 2. The van der Waals surface area contributed by atoms with Crippen LogP contribution in [0.4, 0.5) is 0 Å². The van der Waals surface area contributed by atoms with Crippen LogP contribution in [-0.4, -0.2) is 39.4 Å². The van der Waals surface area contributed by atoms with E-state index >= 15 is 0 Å². The van der Waals surface area contributed by atoms with Crippen molar-refractivity contribution in [2.24, 2.45) is 51.2 Å². The molecule has 0 saturated heterocycles. The fourth-order valence-corrected chi connectivity index (χ4v) is 15.0. The average Bonchev–Trinajstić information content (AvgIpc) is 3.43. The standard InChI is InChI=1S/C42H69NO3S/c1-29-10-12-30(13-11-29)32-18-21-38(4)35(37(32,2)3)19-22-40(6)36(38)15-14-33-34-9-8-20-42(34,26-25-39(33,40)5)43-28-27-41(44)23-16-31(17-24-41)46-47(7)45/h12,18,29,31,33-36,43-44H,8-11,13-17,19-28H2,1-7H3/t29?,31?,33?,34?,35?,36?,38-,39+,40?,41?,42?,47?/m0/s1. The lowest BCUT2D eigenvalue weighted by atomic mass is 9.33. The molecule has 0 aromatic rings. The zero-order valence-electron chi connectivity index (χ0n) is 31.2. The molecule has 0 bridgehead atoms. The fraction of sp³-hybridized carbons (Fsp3) is 0.905. The van der Waals surface area contributed by atoms with E-state index in [4.69, 9.17) is 4.18 Å². The monoisotopic (exact) mass is 667 g/mol. The molecule has 0 spiro atoms. The topological polar surface area (TPSA) is 58.6 Å². The number of aliphatic hydroxyl groups is 1. The molecule has 47 heavy (non-hydrogen) atoms. The van der Waals surface area contributed by atoms with E-state index in [1.165, 1.54) is 83.5 Å². The Labute approximate surface area is 290 Å². The van der Waals surface area contributed by atoms with Crippen molar-refractivity contribution >= 4 is 11.1 Å². The quantitative estimate of drug-likeness (QED) is 0.284. The lowest BCUT2D eigenvalue weighted by Gasteiger charge is -2.72. The molecule has 2 N–H and O–H groups in total. The molecule has 266 valence electrons. The van der Waals surface area contributed by atoms with E-state index in [-0.39, 0.29) is 17.1 Å². The molecule has 0 aliphatic heterocycles. The highest BCUT2D eigenvalue weighted by Gasteiger charge is 2.69. The van der Waals surface area contributed by atoms with Gasteiger partial charge in [0.1, 0.15) is 0 Å². The van der Waals surface area contributed by atoms with Crippen LogP contribution in [0.15, 0.2) is 23.3 Å². The first-order valence-corrected chi connectivity index (χ1v) is 21.5. The van der Waals surface area contributed by atoms with Gasteiger partial charge in [0.15, 0.2) is 11.1 Å². The second kappa shape index (κ2) is 12.3. The van der Waals surface area contributed by atoms with Gasteiger partial charge in [0, 0.05) is 11.8 Å². The summed E-state index contributed by atoms with van der Waals surface area (Å²) in [6.07, 6.45) is 28.6. The lowest BCUT2D eigenvalue weighted by molar-refractivity contribution is -0.218. The van der Waals surface area contributed by atoms with E-state index in [1.807, 2.05) is 0 Å². The summed E-state index contributed by atoms with van der Waals surface area (Å²) in [5.74, 6) is 4.03. The Kier molecular flexibility index (Phi) is 9.17. The minimum atomic E-state index is -1.22. The Balaban J connectivity index is 1.06. The number of fused-ring (bicyclic) bond motifs is 7. The van der Waals surface area contributed by atoms with Crippen molar-refractivity contribution in [1.29, 1.82) is 0 Å². The van der Waals surface area contributed by atoms with Gasteiger partial charge in [-0.3, -0.25) is 4.18 Å². The number of hydrogen-bond acceptors (Lipinski definition) is 4. The summed E-state index contributed by atoms with van der Waals surface area (Å²) >= 11 is -1.22. The number of allylic oxidation sites excluding steroid dienone is 4. The molecule has 7 rings (SSSR count). The molecule has 5 saturated carbocycles. The van der Waals surface area contributed by atoms with Gasteiger partial charge < -0.3 is 10.4 Å². The molecule has 0 radical (unpaired) electrons. The van der Waals surface area contributed by atoms with Crippen molar-refractivity contribution in [2.45, 2.75) is 174 Å². The summed E-state index contributed by atoms with van der Waals surface area (Å²) in [4.78, 5) is 0. The Morgan fingerprint density at radius 1 is 0.851 bits per heavy atom. The van der Waals surface area contributed by atoms with Crippen molar-refractivity contribution in [3.8, 4) is 0 Å². The molecule has 8 unspecified atom stereocenters. The molecule has 0 heterocycles. The zero-order valence-corrected chi connectivity index (χ0v) is 32.0. The van der Waals surface area contributed by atoms with Gasteiger partial charge in [0.25, 0.3) is 0 Å². The fourth-order valence-electron chi connectivity index (χ4n) is 14.4. The third-order valence-corrected chi connectivity index (χ3v) is 17.7. The van der Waals surface area contributed by atoms with Gasteiger partial charge in [-0.25, -0.2) is 4.21 Å². The molecule has 0 aromatic heterocycles. The second-order valence-electron chi connectivity index (χ2n) is 19.6. The molecule has 7 aliphatic rings. The van der Waals surface area contributed by atoms with Crippen molar-refractivity contribution in [3.05, 3.63) is 23.3 Å². The van der Waals surface area contributed by atoms with Crippen LogP contribution in [-0.2, 0) is 15.3 Å². The molecule has 10 atom stereocenters. The van der Waals surface area contributed by atoms with Gasteiger partial charge in [0.2, 0.25) is 0 Å². The maximum absolute atomic E-state index is 11.5. The summed E-state index contributed by atoms with van der Waals surface area (Å²) in [5, 5.41) is 15.7. The molecular formula is C42H69NO3S. The van der Waals surface area contributed by atoms with Crippen molar-refractivity contribution in [1.82, 2.24) is 5.32 Å². The van der Waals surface area contributed by atoms with Crippen LogP contribution < -0.4 is 5.32 Å². The number of nitrogens with one attached hydrogen (secondary N) is 1.